The molecule has 2 rings (SSSR count). The SMILES string of the molecule is CCN(C(=O)C1CCCN1C(=O)C1CC1)C(C)CC(=O)O. The third kappa shape index (κ3) is 3.54. The molecule has 0 aromatic heterocycles. The number of rotatable bonds is 6. The van der Waals surface area contributed by atoms with Crippen molar-refractivity contribution in [3.8, 4) is 0 Å². The van der Waals surface area contributed by atoms with Crippen molar-refractivity contribution in [1.82, 2.24) is 9.80 Å². The quantitative estimate of drug-likeness (QED) is 0.796. The molecule has 1 N–H and O–H groups in total. The molecule has 2 amide bonds. The molecule has 21 heavy (non-hydrogen) atoms. The largest absolute Gasteiger partial charge is 0.481 e. The third-order valence-corrected chi connectivity index (χ3v) is 4.37. The van der Waals surface area contributed by atoms with Gasteiger partial charge in [0.15, 0.2) is 0 Å². The Balaban J connectivity index is 2.04. The lowest BCUT2D eigenvalue weighted by molar-refractivity contribution is -0.147. The molecule has 0 aromatic rings. The monoisotopic (exact) mass is 296 g/mol. The summed E-state index contributed by atoms with van der Waals surface area (Å²) in [6.45, 7) is 4.71. The molecule has 2 unspecified atom stereocenters. The van der Waals surface area contributed by atoms with Crippen LogP contribution in [0, 0.1) is 5.92 Å². The van der Waals surface area contributed by atoms with Gasteiger partial charge in [-0.25, -0.2) is 0 Å². The Kier molecular flexibility index (Phi) is 4.85. The van der Waals surface area contributed by atoms with Crippen molar-refractivity contribution < 1.29 is 19.5 Å². The zero-order valence-corrected chi connectivity index (χ0v) is 12.7. The summed E-state index contributed by atoms with van der Waals surface area (Å²) in [5.41, 5.74) is 0. The van der Waals surface area contributed by atoms with Crippen molar-refractivity contribution in [1.29, 1.82) is 0 Å². The summed E-state index contributed by atoms with van der Waals surface area (Å²) in [6.07, 6.45) is 3.34. The van der Waals surface area contributed by atoms with Crippen LogP contribution in [0.1, 0.15) is 46.0 Å². The smallest absolute Gasteiger partial charge is 0.305 e. The van der Waals surface area contributed by atoms with Gasteiger partial charge in [0.1, 0.15) is 6.04 Å². The van der Waals surface area contributed by atoms with Crippen LogP contribution in [0.5, 0.6) is 0 Å². The molecule has 1 saturated heterocycles. The van der Waals surface area contributed by atoms with Gasteiger partial charge in [-0.05, 0) is 39.5 Å². The summed E-state index contributed by atoms with van der Waals surface area (Å²) in [6, 6.07) is -0.743. The highest BCUT2D eigenvalue weighted by Gasteiger charge is 2.42. The summed E-state index contributed by atoms with van der Waals surface area (Å²) in [5, 5.41) is 8.89. The van der Waals surface area contributed by atoms with E-state index in [1.807, 2.05) is 6.92 Å². The number of carboxylic acid groups (broad SMARTS) is 1. The molecule has 0 spiro atoms. The maximum Gasteiger partial charge on any atom is 0.305 e. The molecule has 6 nitrogen and oxygen atoms in total. The van der Waals surface area contributed by atoms with Crippen molar-refractivity contribution in [3.63, 3.8) is 0 Å². The Morgan fingerprint density at radius 1 is 1.29 bits per heavy atom. The zero-order valence-electron chi connectivity index (χ0n) is 12.7. The summed E-state index contributed by atoms with van der Waals surface area (Å²) >= 11 is 0. The van der Waals surface area contributed by atoms with Crippen LogP contribution in [0.15, 0.2) is 0 Å². The normalized spacial score (nSPS) is 23.0. The Morgan fingerprint density at radius 3 is 2.48 bits per heavy atom. The highest BCUT2D eigenvalue weighted by atomic mass is 16.4. The van der Waals surface area contributed by atoms with Gasteiger partial charge >= 0.3 is 5.97 Å². The molecule has 0 bridgehead atoms. The van der Waals surface area contributed by atoms with Crippen molar-refractivity contribution in [2.24, 2.45) is 5.92 Å². The van der Waals surface area contributed by atoms with Crippen LogP contribution in [0.25, 0.3) is 0 Å². The van der Waals surface area contributed by atoms with Crippen molar-refractivity contribution >= 4 is 17.8 Å². The molecule has 1 heterocycles. The number of carbonyl (C=O) groups is 3. The number of hydrogen-bond acceptors (Lipinski definition) is 3. The second-order valence-electron chi connectivity index (χ2n) is 6.04. The number of carbonyl (C=O) groups excluding carboxylic acids is 2. The Morgan fingerprint density at radius 2 is 1.95 bits per heavy atom. The van der Waals surface area contributed by atoms with Crippen molar-refractivity contribution in [2.45, 2.75) is 58.0 Å². The van der Waals surface area contributed by atoms with Gasteiger partial charge < -0.3 is 14.9 Å². The molecule has 1 saturated carbocycles. The van der Waals surface area contributed by atoms with Gasteiger partial charge in [0.2, 0.25) is 11.8 Å². The van der Waals surface area contributed by atoms with Gasteiger partial charge in [-0.3, -0.25) is 14.4 Å². The van der Waals surface area contributed by atoms with Crippen LogP contribution in [-0.4, -0.2) is 57.9 Å². The van der Waals surface area contributed by atoms with Crippen LogP contribution in [0.3, 0.4) is 0 Å². The lowest BCUT2D eigenvalue weighted by Crippen LogP contribution is -2.51. The van der Waals surface area contributed by atoms with Crippen LogP contribution >= 0.6 is 0 Å². The fourth-order valence-electron chi connectivity index (χ4n) is 3.09. The second-order valence-corrected chi connectivity index (χ2v) is 6.04. The number of likely N-dealkylation sites (tertiary alicyclic amines) is 1. The van der Waals surface area contributed by atoms with Gasteiger partial charge in [-0.1, -0.05) is 0 Å². The number of nitrogens with zero attached hydrogens (tertiary/aromatic N) is 2. The number of aliphatic carboxylic acids is 1. The maximum atomic E-state index is 12.7. The minimum absolute atomic E-state index is 0.0666. The van der Waals surface area contributed by atoms with E-state index in [4.69, 9.17) is 5.11 Å². The van der Waals surface area contributed by atoms with Crippen LogP contribution < -0.4 is 0 Å². The van der Waals surface area contributed by atoms with E-state index in [0.29, 0.717) is 19.5 Å². The van der Waals surface area contributed by atoms with E-state index in [0.717, 1.165) is 19.3 Å². The van der Waals surface area contributed by atoms with Crippen LogP contribution in [0.2, 0.25) is 0 Å². The minimum atomic E-state index is -0.911. The Hall–Kier alpha value is -1.59. The third-order valence-electron chi connectivity index (χ3n) is 4.37. The van der Waals surface area contributed by atoms with E-state index >= 15 is 0 Å². The number of likely N-dealkylation sites (N-methyl/N-ethyl adjacent to an activating group) is 1. The Labute approximate surface area is 125 Å². The molecule has 6 heteroatoms. The van der Waals surface area contributed by atoms with Gasteiger partial charge in [-0.2, -0.15) is 0 Å². The van der Waals surface area contributed by atoms with Crippen LogP contribution in [0.4, 0.5) is 0 Å². The molecule has 1 aliphatic carbocycles. The minimum Gasteiger partial charge on any atom is -0.481 e. The molecular weight excluding hydrogens is 272 g/mol. The lowest BCUT2D eigenvalue weighted by atomic mass is 10.1. The molecule has 2 fully saturated rings. The second kappa shape index (κ2) is 6.45. The highest BCUT2D eigenvalue weighted by molar-refractivity contribution is 5.90. The standard InChI is InChI=1S/C15H24N2O4/c1-3-16(10(2)9-13(18)19)15(21)12-5-4-8-17(12)14(20)11-6-7-11/h10-12H,3-9H2,1-2H3,(H,18,19). The van der Waals surface area contributed by atoms with Crippen LogP contribution in [-0.2, 0) is 14.4 Å². The molecule has 2 atom stereocenters. The topological polar surface area (TPSA) is 77.9 Å². The summed E-state index contributed by atoms with van der Waals surface area (Å²) in [5.74, 6) is -0.790. The highest BCUT2D eigenvalue weighted by Crippen LogP contribution is 2.34. The molecule has 2 aliphatic rings. The first-order valence-corrected chi connectivity index (χ1v) is 7.78. The predicted molar refractivity (Wildman–Crippen MR) is 76.6 cm³/mol. The first-order valence-electron chi connectivity index (χ1n) is 7.78. The number of amides is 2. The number of hydrogen-bond donors (Lipinski definition) is 1. The molecule has 0 radical (unpaired) electrons. The van der Waals surface area contributed by atoms with E-state index in [2.05, 4.69) is 0 Å². The average molecular weight is 296 g/mol. The van der Waals surface area contributed by atoms with Gasteiger partial charge in [0.05, 0.1) is 6.42 Å². The first-order chi connectivity index (χ1) is 9.95. The first kappa shape index (κ1) is 15.8. The summed E-state index contributed by atoms with van der Waals surface area (Å²) in [7, 11) is 0. The Bertz CT molecular complexity index is 433. The van der Waals surface area contributed by atoms with Gasteiger partial charge in [0.25, 0.3) is 0 Å². The van der Waals surface area contributed by atoms with E-state index in [9.17, 15) is 14.4 Å². The average Bonchev–Trinajstić information content (AvgIpc) is 3.14. The van der Waals surface area contributed by atoms with Crippen molar-refractivity contribution in [2.75, 3.05) is 13.1 Å². The summed E-state index contributed by atoms with van der Waals surface area (Å²) in [4.78, 5) is 39.1. The van der Waals surface area contributed by atoms with E-state index in [1.165, 1.54) is 0 Å². The van der Waals surface area contributed by atoms with E-state index in [-0.39, 0.29) is 30.2 Å². The van der Waals surface area contributed by atoms with Gasteiger partial charge in [0, 0.05) is 25.0 Å². The molecule has 1 aliphatic heterocycles. The zero-order chi connectivity index (χ0) is 15.6. The summed E-state index contributed by atoms with van der Waals surface area (Å²) < 4.78 is 0. The van der Waals surface area contributed by atoms with E-state index in [1.54, 1.807) is 16.7 Å². The fraction of sp³-hybridized carbons (Fsp3) is 0.800. The van der Waals surface area contributed by atoms with Gasteiger partial charge in [-0.15, -0.1) is 0 Å². The molecule has 118 valence electrons. The number of carboxylic acids is 1. The molecule has 0 aromatic carbocycles. The maximum absolute atomic E-state index is 12.7. The lowest BCUT2D eigenvalue weighted by Gasteiger charge is -2.33. The van der Waals surface area contributed by atoms with E-state index < -0.39 is 12.0 Å². The van der Waals surface area contributed by atoms with Crippen molar-refractivity contribution in [3.05, 3.63) is 0 Å². The molecular formula is C15H24N2O4. The predicted octanol–water partition coefficient (Wildman–Crippen LogP) is 1.10. The fourth-order valence-corrected chi connectivity index (χ4v) is 3.09.